The van der Waals surface area contributed by atoms with Crippen molar-refractivity contribution in [3.63, 3.8) is 0 Å². The summed E-state index contributed by atoms with van der Waals surface area (Å²) in [6.07, 6.45) is 12.8. The number of nitrogens with two attached hydrogens (primary N) is 1. The molecule has 6 aliphatic heterocycles. The van der Waals surface area contributed by atoms with E-state index in [1.165, 1.54) is 38.4 Å². The number of halogens is 3. The molecule has 4 aromatic rings. The Bertz CT molecular complexity index is 2490. The second kappa shape index (κ2) is 22.0. The highest BCUT2D eigenvalue weighted by molar-refractivity contribution is 6.28. The van der Waals surface area contributed by atoms with Crippen LogP contribution in [0.15, 0.2) is 48.8 Å². The van der Waals surface area contributed by atoms with Crippen molar-refractivity contribution in [1.82, 2.24) is 29.7 Å². The summed E-state index contributed by atoms with van der Waals surface area (Å²) in [5.74, 6) is 0.874. The van der Waals surface area contributed by atoms with Crippen LogP contribution in [0.4, 0.5) is 37.7 Å². The Hall–Kier alpha value is -5.63. The molecule has 6 atom stereocenters. The summed E-state index contributed by atoms with van der Waals surface area (Å²) in [6, 6.07) is 16.0. The molecule has 8 heterocycles. The molecule has 6 aliphatic rings. The molecule has 16 nitrogen and oxygen atoms in total. The Morgan fingerprint density at radius 3 is 1.80 bits per heavy atom. The number of anilines is 5. The third kappa shape index (κ3) is 12.6. The fourth-order valence-electron chi connectivity index (χ4n) is 10.8. The Kier molecular flexibility index (Phi) is 15.9. The van der Waals surface area contributed by atoms with Gasteiger partial charge in [0.1, 0.15) is 35.8 Å². The number of benzene rings is 2. The highest BCUT2D eigenvalue weighted by Gasteiger charge is 2.44. The summed E-state index contributed by atoms with van der Waals surface area (Å²) in [5.41, 5.74) is 7.88. The van der Waals surface area contributed by atoms with Crippen molar-refractivity contribution in [3.05, 3.63) is 76.8 Å². The smallest absolute Gasteiger partial charge is 0.229 e. The average Bonchev–Trinajstić information content (AvgIpc) is 4.17. The maximum Gasteiger partial charge on any atom is 0.229 e. The maximum atomic E-state index is 14.6. The van der Waals surface area contributed by atoms with Crippen LogP contribution in [-0.2, 0) is 9.47 Å². The predicted octanol–water partition coefficient (Wildman–Crippen LogP) is 8.61. The number of nitrogens with zero attached hydrogens (tertiary/aromatic N) is 8. The number of nitrogens with one attached hydrogen (secondary N) is 3. The molecule has 0 radical (unpaired) electrons. The number of nitrogen functional groups attached to an aromatic ring is 1. The summed E-state index contributed by atoms with van der Waals surface area (Å²) >= 11 is 5.74. The summed E-state index contributed by atoms with van der Waals surface area (Å²) in [5, 5.41) is 28.2. The fourth-order valence-corrected chi connectivity index (χ4v) is 11.0. The van der Waals surface area contributed by atoms with Crippen molar-refractivity contribution in [2.24, 2.45) is 0 Å². The van der Waals surface area contributed by atoms with Crippen LogP contribution in [0.1, 0.15) is 103 Å². The van der Waals surface area contributed by atoms with Gasteiger partial charge < -0.3 is 40.6 Å². The molecule has 5 N–H and O–H groups in total. The largest absolute Gasteiger partial charge is 0.487 e. The Labute approximate surface area is 408 Å². The molecule has 0 aliphatic carbocycles. The minimum absolute atomic E-state index is 0.0407. The normalized spacial score (nSPS) is 25.6. The van der Waals surface area contributed by atoms with E-state index in [4.69, 9.17) is 41.5 Å². The van der Waals surface area contributed by atoms with Crippen LogP contribution in [0.5, 0.6) is 11.5 Å². The summed E-state index contributed by atoms with van der Waals surface area (Å²) < 4.78 is 50.4. The second-order valence-electron chi connectivity index (χ2n) is 19.9. The number of hydrogen-bond acceptors (Lipinski definition) is 16. The van der Waals surface area contributed by atoms with Gasteiger partial charge in [-0.05, 0) is 140 Å². The van der Waals surface area contributed by atoms with Gasteiger partial charge in [-0.1, -0.05) is 0 Å². The molecule has 69 heavy (non-hydrogen) atoms. The van der Waals surface area contributed by atoms with Gasteiger partial charge in [0.05, 0.1) is 49.9 Å². The molecule has 6 saturated heterocycles. The minimum atomic E-state index is -0.475. The number of aromatic nitrogens is 4. The number of fused-ring (bicyclic) bond motifs is 2. The minimum Gasteiger partial charge on any atom is -0.487 e. The predicted molar refractivity (Wildman–Crippen MR) is 260 cm³/mol. The van der Waals surface area contributed by atoms with Crippen molar-refractivity contribution in [2.75, 3.05) is 61.2 Å². The third-order valence-electron chi connectivity index (χ3n) is 13.9. The van der Waals surface area contributed by atoms with Gasteiger partial charge >= 0.3 is 0 Å². The van der Waals surface area contributed by atoms with E-state index >= 15 is 0 Å². The molecular formula is C50H63ClF2N12O4. The van der Waals surface area contributed by atoms with Crippen LogP contribution < -0.4 is 31.2 Å². The average molecular weight is 970 g/mol. The highest BCUT2D eigenvalue weighted by atomic mass is 35.5. The van der Waals surface area contributed by atoms with Crippen molar-refractivity contribution in [2.45, 2.75) is 139 Å². The highest BCUT2D eigenvalue weighted by Crippen LogP contribution is 2.40. The van der Waals surface area contributed by atoms with Crippen LogP contribution in [0.25, 0.3) is 0 Å². The van der Waals surface area contributed by atoms with E-state index in [2.05, 4.69) is 85.5 Å². The topological polar surface area (TPSA) is 205 Å². The van der Waals surface area contributed by atoms with Crippen LogP contribution >= 0.6 is 11.6 Å². The molecule has 0 bridgehead atoms. The van der Waals surface area contributed by atoms with Crippen LogP contribution in [0, 0.1) is 34.3 Å². The zero-order valence-electron chi connectivity index (χ0n) is 39.8. The first-order valence-electron chi connectivity index (χ1n) is 24.0. The lowest BCUT2D eigenvalue weighted by atomic mass is 9.84. The van der Waals surface area contributed by atoms with Crippen LogP contribution in [0.2, 0.25) is 5.28 Å². The zero-order valence-corrected chi connectivity index (χ0v) is 40.6. The van der Waals surface area contributed by atoms with E-state index in [1.54, 1.807) is 36.4 Å². The number of ether oxygens (including phenoxy) is 4. The van der Waals surface area contributed by atoms with Gasteiger partial charge in [-0.15, -0.1) is 0 Å². The van der Waals surface area contributed by atoms with Crippen molar-refractivity contribution < 1.29 is 27.7 Å². The zero-order chi connectivity index (χ0) is 48.7. The molecule has 368 valence electrons. The molecule has 2 aromatic carbocycles. The molecule has 19 heteroatoms. The quantitative estimate of drug-likeness (QED) is 0.0867. The third-order valence-corrected chi connectivity index (χ3v) is 14.1. The van der Waals surface area contributed by atoms with Gasteiger partial charge in [0.2, 0.25) is 11.2 Å². The SMILES string of the molecule is CC1(C)CC(Nc2nc(Cl)ncc2F)CC2CCCN21.CC1(C)CC(Nc2nc(Nc3ccc(O[C@H]4CCOC4)c(C#N)c3)ncc2F)CC2CCCN21.N#Cc1cc(N)ccc1O[C@H]1CCOC1. The van der Waals surface area contributed by atoms with Crippen LogP contribution in [0.3, 0.4) is 0 Å². The monoisotopic (exact) mass is 968 g/mol. The Morgan fingerprint density at radius 2 is 1.26 bits per heavy atom. The molecule has 0 saturated carbocycles. The fraction of sp³-hybridized carbons (Fsp3) is 0.560. The van der Waals surface area contributed by atoms with Crippen LogP contribution in [-0.4, -0.2) is 117 Å². The number of rotatable bonds is 10. The van der Waals surface area contributed by atoms with Crippen molar-refractivity contribution in [1.29, 1.82) is 10.5 Å². The second-order valence-corrected chi connectivity index (χ2v) is 20.3. The molecule has 0 amide bonds. The van der Waals surface area contributed by atoms with Gasteiger partial charge in [-0.3, -0.25) is 9.80 Å². The summed E-state index contributed by atoms with van der Waals surface area (Å²) in [6.45, 7) is 13.9. The van der Waals surface area contributed by atoms with E-state index in [0.29, 0.717) is 65.9 Å². The Morgan fingerprint density at radius 1 is 0.739 bits per heavy atom. The summed E-state index contributed by atoms with van der Waals surface area (Å²) in [7, 11) is 0. The number of piperidine rings is 2. The lowest BCUT2D eigenvalue weighted by molar-refractivity contribution is 0.0498. The van der Waals surface area contributed by atoms with Gasteiger partial charge in [0, 0.05) is 59.5 Å². The van der Waals surface area contributed by atoms with Gasteiger partial charge in [-0.2, -0.15) is 20.5 Å². The van der Waals surface area contributed by atoms with E-state index in [1.807, 2.05) is 0 Å². The first-order chi connectivity index (χ1) is 33.2. The van der Waals surface area contributed by atoms with Crippen molar-refractivity contribution >= 4 is 40.6 Å². The lowest BCUT2D eigenvalue weighted by Gasteiger charge is -2.47. The van der Waals surface area contributed by atoms with Gasteiger partial charge in [-0.25, -0.2) is 18.7 Å². The molecule has 0 spiro atoms. The molecular weight excluding hydrogens is 906 g/mol. The summed E-state index contributed by atoms with van der Waals surface area (Å²) in [4.78, 5) is 21.3. The molecule has 2 aromatic heterocycles. The number of hydrogen-bond donors (Lipinski definition) is 4. The van der Waals surface area contributed by atoms with E-state index < -0.39 is 11.6 Å². The standard InChI is InChI=1S/C25H31FN6O2.C14H20ClFN4.C11H12N2O2/c1-25(2)12-18(11-19-4-3-8-32(19)25)29-23-21(26)14-28-24(31-23)30-17-5-6-22(16(10-17)13-27)34-20-7-9-33-15-20;1-14(2)7-9(6-10-4-3-5-20(10)14)18-12-11(16)8-17-13(15)19-12;12-6-8-5-9(13)1-2-11(8)15-10-3-4-14-7-10/h5-6,10,14,18-20H,3-4,7-9,11-12,15H2,1-2H3,(H2,28,29,30,31);8-10H,3-7H2,1-2H3,(H,17,18,19);1-2,5,10H,3-4,7,13H2/t18?,19?,20-;;10-/m0.0/s1. The Balaban J connectivity index is 0.000000155. The molecule has 10 rings (SSSR count). The molecule has 4 unspecified atom stereocenters. The molecule has 6 fully saturated rings. The first kappa shape index (κ1) is 49.8. The number of nitriles is 2. The van der Waals surface area contributed by atoms with E-state index in [0.717, 1.165) is 57.9 Å². The van der Waals surface area contributed by atoms with Crippen molar-refractivity contribution in [3.8, 4) is 23.6 Å². The maximum absolute atomic E-state index is 14.6. The van der Waals surface area contributed by atoms with Gasteiger partial charge in [0.15, 0.2) is 23.3 Å². The van der Waals surface area contributed by atoms with E-state index in [-0.39, 0.29) is 58.2 Å². The first-order valence-corrected chi connectivity index (χ1v) is 24.4. The lowest BCUT2D eigenvalue weighted by Crippen LogP contribution is -2.55. The van der Waals surface area contributed by atoms with E-state index in [9.17, 15) is 14.0 Å². The van der Waals surface area contributed by atoms with Gasteiger partial charge in [0.25, 0.3) is 0 Å².